The number of hydrogen-bond acceptors (Lipinski definition) is 6. The number of ether oxygens (including phenoxy) is 1. The van der Waals surface area contributed by atoms with Gasteiger partial charge in [0.1, 0.15) is 12.7 Å². The molecule has 1 aliphatic rings. The third kappa shape index (κ3) is 3.46. The summed E-state index contributed by atoms with van der Waals surface area (Å²) in [5.74, 6) is 1.04. The molecule has 0 amide bonds. The smallest absolute Gasteiger partial charge is 0.163 e. The highest BCUT2D eigenvalue weighted by Crippen LogP contribution is 2.30. The zero-order valence-electron chi connectivity index (χ0n) is 13.1. The summed E-state index contributed by atoms with van der Waals surface area (Å²) in [5, 5.41) is 9.25. The van der Waals surface area contributed by atoms with Crippen LogP contribution < -0.4 is 4.90 Å². The van der Waals surface area contributed by atoms with Crippen molar-refractivity contribution >= 4 is 5.69 Å². The van der Waals surface area contributed by atoms with E-state index >= 15 is 0 Å². The molecule has 1 fully saturated rings. The molecule has 1 unspecified atom stereocenters. The van der Waals surface area contributed by atoms with Crippen LogP contribution in [-0.4, -0.2) is 35.2 Å². The molecule has 0 aliphatic carbocycles. The molecule has 3 rings (SSSR count). The van der Waals surface area contributed by atoms with Gasteiger partial charge in [-0.15, -0.1) is 0 Å². The molecular formula is C17H19N5O. The van der Waals surface area contributed by atoms with Crippen LogP contribution in [0.15, 0.2) is 30.6 Å². The second-order valence-corrected chi connectivity index (χ2v) is 5.60. The number of aromatic nitrogens is 3. The lowest BCUT2D eigenvalue weighted by molar-refractivity contribution is 0.177. The first-order valence-corrected chi connectivity index (χ1v) is 7.72. The molecule has 1 atom stereocenters. The molecule has 2 aromatic rings. The van der Waals surface area contributed by atoms with E-state index in [-0.39, 0.29) is 0 Å². The molecule has 0 spiro atoms. The van der Waals surface area contributed by atoms with E-state index in [9.17, 15) is 5.26 Å². The summed E-state index contributed by atoms with van der Waals surface area (Å²) in [7, 11) is 1.64. The van der Waals surface area contributed by atoms with E-state index < -0.39 is 0 Å². The molecule has 6 nitrogen and oxygen atoms in total. The van der Waals surface area contributed by atoms with E-state index in [1.54, 1.807) is 19.5 Å². The monoisotopic (exact) mass is 309 g/mol. The van der Waals surface area contributed by atoms with Gasteiger partial charge in [-0.05, 0) is 31.0 Å². The van der Waals surface area contributed by atoms with Crippen molar-refractivity contribution in [1.82, 2.24) is 15.0 Å². The molecule has 3 heterocycles. The summed E-state index contributed by atoms with van der Waals surface area (Å²) in [5.41, 5.74) is 2.43. The first-order chi connectivity index (χ1) is 11.3. The Morgan fingerprint density at radius 2 is 2.26 bits per heavy atom. The van der Waals surface area contributed by atoms with Gasteiger partial charge >= 0.3 is 0 Å². The van der Waals surface area contributed by atoms with Gasteiger partial charge in [0.05, 0.1) is 5.69 Å². The Labute approximate surface area is 135 Å². The summed E-state index contributed by atoms with van der Waals surface area (Å²) in [6.07, 6.45) is 5.60. The number of methoxy groups -OCH3 is 1. The van der Waals surface area contributed by atoms with E-state index in [4.69, 9.17) is 4.74 Å². The van der Waals surface area contributed by atoms with E-state index in [0.29, 0.717) is 24.0 Å². The lowest BCUT2D eigenvalue weighted by Gasteiger charge is -2.34. The molecule has 2 aromatic heterocycles. The molecular weight excluding hydrogens is 290 g/mol. The Kier molecular flexibility index (Phi) is 4.79. The molecule has 1 aliphatic heterocycles. The molecule has 23 heavy (non-hydrogen) atoms. The summed E-state index contributed by atoms with van der Waals surface area (Å²) in [6.45, 7) is 2.20. The number of nitriles is 1. The average Bonchev–Trinajstić information content (AvgIpc) is 2.62. The minimum absolute atomic E-state index is 0.328. The topological polar surface area (TPSA) is 74.9 Å². The van der Waals surface area contributed by atoms with Crippen LogP contribution in [-0.2, 0) is 11.3 Å². The Hall–Kier alpha value is -2.52. The Morgan fingerprint density at radius 1 is 1.35 bits per heavy atom. The predicted octanol–water partition coefficient (Wildman–Crippen LogP) is 2.27. The summed E-state index contributed by atoms with van der Waals surface area (Å²) in [4.78, 5) is 15.2. The lowest BCUT2D eigenvalue weighted by atomic mass is 9.94. The maximum Gasteiger partial charge on any atom is 0.163 e. The Morgan fingerprint density at radius 3 is 3.09 bits per heavy atom. The van der Waals surface area contributed by atoms with Gasteiger partial charge in [-0.25, -0.2) is 15.0 Å². The Bertz CT molecular complexity index is 712. The normalized spacial score (nSPS) is 17.7. The van der Waals surface area contributed by atoms with Crippen LogP contribution in [0.25, 0.3) is 0 Å². The minimum atomic E-state index is 0.328. The first-order valence-electron chi connectivity index (χ1n) is 7.72. The van der Waals surface area contributed by atoms with Crippen LogP contribution in [0.4, 0.5) is 5.69 Å². The number of anilines is 1. The van der Waals surface area contributed by atoms with Gasteiger partial charge in [0.15, 0.2) is 11.5 Å². The second-order valence-electron chi connectivity index (χ2n) is 5.60. The number of piperidine rings is 1. The maximum atomic E-state index is 9.25. The number of rotatable bonds is 4. The number of nitrogens with zero attached hydrogens (tertiary/aromatic N) is 5. The quantitative estimate of drug-likeness (QED) is 0.862. The van der Waals surface area contributed by atoms with Crippen molar-refractivity contribution in [3.05, 3.63) is 47.8 Å². The maximum absolute atomic E-state index is 9.25. The van der Waals surface area contributed by atoms with Gasteiger partial charge in [-0.3, -0.25) is 0 Å². The highest BCUT2D eigenvalue weighted by atomic mass is 16.5. The fraction of sp³-hybridized carbons (Fsp3) is 0.412. The lowest BCUT2D eigenvalue weighted by Crippen LogP contribution is -2.35. The average molecular weight is 309 g/mol. The van der Waals surface area contributed by atoms with Crippen LogP contribution in [0.2, 0.25) is 0 Å². The van der Waals surface area contributed by atoms with E-state index in [1.165, 1.54) is 0 Å². The molecule has 118 valence electrons. The number of hydrogen-bond donors (Lipinski definition) is 0. The summed E-state index contributed by atoms with van der Waals surface area (Å²) in [6, 6.07) is 7.99. The van der Waals surface area contributed by atoms with Crippen LogP contribution >= 0.6 is 0 Å². The van der Waals surface area contributed by atoms with Crippen molar-refractivity contribution in [2.75, 3.05) is 25.1 Å². The van der Waals surface area contributed by atoms with Crippen LogP contribution in [0.5, 0.6) is 0 Å². The molecule has 0 N–H and O–H groups in total. The molecule has 6 heteroatoms. The van der Waals surface area contributed by atoms with Crippen molar-refractivity contribution < 1.29 is 4.74 Å². The van der Waals surface area contributed by atoms with Crippen molar-refractivity contribution in [2.45, 2.75) is 25.4 Å². The van der Waals surface area contributed by atoms with Crippen LogP contribution in [0.3, 0.4) is 0 Å². The van der Waals surface area contributed by atoms with Crippen molar-refractivity contribution in [3.8, 4) is 6.07 Å². The fourth-order valence-corrected chi connectivity index (χ4v) is 3.02. The van der Waals surface area contributed by atoms with Gasteiger partial charge in [0.25, 0.3) is 0 Å². The molecule has 0 saturated carbocycles. The summed E-state index contributed by atoms with van der Waals surface area (Å²) < 4.78 is 5.11. The highest BCUT2D eigenvalue weighted by Gasteiger charge is 2.24. The van der Waals surface area contributed by atoms with E-state index in [2.05, 4.69) is 25.9 Å². The van der Waals surface area contributed by atoms with Gasteiger partial charge in [-0.2, -0.15) is 5.26 Å². The SMILES string of the molecule is COCc1nccc(C2CCCN(c3cccnc3C#N)C2)n1. The predicted molar refractivity (Wildman–Crippen MR) is 85.9 cm³/mol. The molecule has 1 saturated heterocycles. The van der Waals surface area contributed by atoms with Gasteiger partial charge in [0.2, 0.25) is 0 Å². The zero-order chi connectivity index (χ0) is 16.1. The van der Waals surface area contributed by atoms with Gasteiger partial charge < -0.3 is 9.64 Å². The van der Waals surface area contributed by atoms with E-state index in [1.807, 2.05) is 18.2 Å². The van der Waals surface area contributed by atoms with E-state index in [0.717, 1.165) is 37.3 Å². The fourth-order valence-electron chi connectivity index (χ4n) is 3.02. The highest BCUT2D eigenvalue weighted by molar-refractivity contribution is 5.56. The zero-order valence-corrected chi connectivity index (χ0v) is 13.1. The first kappa shape index (κ1) is 15.4. The third-order valence-electron chi connectivity index (χ3n) is 4.07. The van der Waals surface area contributed by atoms with Crippen molar-refractivity contribution in [1.29, 1.82) is 5.26 Å². The van der Waals surface area contributed by atoms with Crippen molar-refractivity contribution in [2.24, 2.45) is 0 Å². The van der Waals surface area contributed by atoms with Gasteiger partial charge in [0, 0.05) is 44.2 Å². The third-order valence-corrected chi connectivity index (χ3v) is 4.07. The molecule has 0 aromatic carbocycles. The minimum Gasteiger partial charge on any atom is -0.377 e. The summed E-state index contributed by atoms with van der Waals surface area (Å²) >= 11 is 0. The largest absolute Gasteiger partial charge is 0.377 e. The second kappa shape index (κ2) is 7.16. The molecule has 0 radical (unpaired) electrons. The van der Waals surface area contributed by atoms with Crippen molar-refractivity contribution in [3.63, 3.8) is 0 Å². The molecule has 0 bridgehead atoms. The number of pyridine rings is 1. The standard InChI is InChI=1S/C17H19N5O/c1-23-12-17-20-8-6-14(21-17)13-4-3-9-22(11-13)16-5-2-7-19-15(16)10-18/h2,5-8,13H,3-4,9,11-12H2,1H3. The van der Waals surface area contributed by atoms with Gasteiger partial charge in [-0.1, -0.05) is 0 Å². The van der Waals surface area contributed by atoms with Crippen LogP contribution in [0, 0.1) is 11.3 Å². The Balaban J connectivity index is 1.81. The van der Waals surface area contributed by atoms with Crippen LogP contribution in [0.1, 0.15) is 36.0 Å².